The van der Waals surface area contributed by atoms with E-state index < -0.39 is 26.5 Å². The number of aromatic hydroxyl groups is 1. The Labute approximate surface area is 80.0 Å². The maximum absolute atomic E-state index is 10.9. The first-order chi connectivity index (χ1) is 6.36. The number of aryl methyl sites for hydroxylation is 1. The standard InChI is InChI=1S/C7H9NO5S/c1-2-4-3-5(9)8-7(10)6(4)14(11,12)13/h3H,2H2,1H3,(H2,8,9,10)(H,11,12,13). The van der Waals surface area contributed by atoms with Crippen LogP contribution in [0.15, 0.2) is 15.8 Å². The van der Waals surface area contributed by atoms with Gasteiger partial charge in [0.05, 0.1) is 0 Å². The van der Waals surface area contributed by atoms with Gasteiger partial charge in [-0.15, -0.1) is 0 Å². The van der Waals surface area contributed by atoms with Crippen molar-refractivity contribution in [3.8, 4) is 5.88 Å². The molecule has 0 saturated heterocycles. The van der Waals surface area contributed by atoms with Crippen molar-refractivity contribution in [2.75, 3.05) is 0 Å². The third-order valence-electron chi connectivity index (χ3n) is 1.69. The molecule has 0 aliphatic carbocycles. The second-order valence-corrected chi connectivity index (χ2v) is 4.02. The smallest absolute Gasteiger partial charge is 0.300 e. The predicted molar refractivity (Wildman–Crippen MR) is 47.9 cm³/mol. The second kappa shape index (κ2) is 3.43. The lowest BCUT2D eigenvalue weighted by Crippen LogP contribution is -2.12. The van der Waals surface area contributed by atoms with Crippen LogP contribution in [0.3, 0.4) is 0 Å². The van der Waals surface area contributed by atoms with Gasteiger partial charge in [-0.3, -0.25) is 14.3 Å². The highest BCUT2D eigenvalue weighted by molar-refractivity contribution is 7.86. The van der Waals surface area contributed by atoms with E-state index in [0.717, 1.165) is 6.07 Å². The van der Waals surface area contributed by atoms with Crippen LogP contribution >= 0.6 is 0 Å². The topological polar surface area (TPSA) is 107 Å². The summed E-state index contributed by atoms with van der Waals surface area (Å²) in [5.41, 5.74) is -0.541. The van der Waals surface area contributed by atoms with Gasteiger partial charge in [-0.05, 0) is 12.0 Å². The van der Waals surface area contributed by atoms with E-state index in [2.05, 4.69) is 0 Å². The first kappa shape index (κ1) is 10.7. The van der Waals surface area contributed by atoms with E-state index in [1.165, 1.54) is 0 Å². The molecule has 0 radical (unpaired) electrons. The van der Waals surface area contributed by atoms with Crippen LogP contribution in [0.5, 0.6) is 5.88 Å². The van der Waals surface area contributed by atoms with Gasteiger partial charge in [-0.25, -0.2) is 0 Å². The molecule has 0 aliphatic heterocycles. The van der Waals surface area contributed by atoms with Crippen LogP contribution in [-0.2, 0) is 16.5 Å². The van der Waals surface area contributed by atoms with E-state index in [0.29, 0.717) is 0 Å². The Morgan fingerprint density at radius 1 is 1.50 bits per heavy atom. The minimum atomic E-state index is -4.51. The number of aromatic nitrogens is 1. The molecule has 0 fully saturated rings. The summed E-state index contributed by atoms with van der Waals surface area (Å²) in [6.07, 6.45) is 0.215. The van der Waals surface area contributed by atoms with Crippen molar-refractivity contribution in [2.45, 2.75) is 18.2 Å². The third-order valence-corrected chi connectivity index (χ3v) is 2.66. The predicted octanol–water partition coefficient (Wildman–Crippen LogP) is -0.110. The molecule has 6 nitrogen and oxygen atoms in total. The van der Waals surface area contributed by atoms with Crippen LogP contribution < -0.4 is 5.56 Å². The first-order valence-corrected chi connectivity index (χ1v) is 5.23. The summed E-state index contributed by atoms with van der Waals surface area (Å²) in [5.74, 6) is -0.836. The summed E-state index contributed by atoms with van der Waals surface area (Å²) < 4.78 is 30.4. The molecule has 1 heterocycles. The molecule has 1 aromatic rings. The van der Waals surface area contributed by atoms with Crippen LogP contribution in [0, 0.1) is 0 Å². The zero-order valence-electron chi connectivity index (χ0n) is 7.31. The zero-order chi connectivity index (χ0) is 10.9. The fourth-order valence-electron chi connectivity index (χ4n) is 1.14. The molecule has 3 N–H and O–H groups in total. The third kappa shape index (κ3) is 1.94. The van der Waals surface area contributed by atoms with Crippen LogP contribution in [-0.4, -0.2) is 23.1 Å². The highest BCUT2D eigenvalue weighted by Gasteiger charge is 2.20. The maximum Gasteiger partial charge on any atom is 0.300 e. The molecule has 0 spiro atoms. The summed E-state index contributed by atoms with van der Waals surface area (Å²) in [6.45, 7) is 1.60. The monoisotopic (exact) mass is 219 g/mol. The van der Waals surface area contributed by atoms with Gasteiger partial charge in [0.15, 0.2) is 4.90 Å². The van der Waals surface area contributed by atoms with Crippen LogP contribution in [0.1, 0.15) is 12.5 Å². The number of hydrogen-bond acceptors (Lipinski definition) is 4. The Hall–Kier alpha value is -1.34. The van der Waals surface area contributed by atoms with Crippen LogP contribution in [0.25, 0.3) is 0 Å². The van der Waals surface area contributed by atoms with Crippen molar-refractivity contribution >= 4 is 10.1 Å². The summed E-state index contributed by atoms with van der Waals surface area (Å²) >= 11 is 0. The Kier molecular flexibility index (Phi) is 2.63. The Morgan fingerprint density at radius 3 is 2.50 bits per heavy atom. The number of pyridine rings is 1. The number of aromatic amines is 1. The van der Waals surface area contributed by atoms with Crippen molar-refractivity contribution < 1.29 is 18.1 Å². The molecular formula is C7H9NO5S. The largest absolute Gasteiger partial charge is 0.494 e. The maximum atomic E-state index is 10.9. The van der Waals surface area contributed by atoms with Crippen molar-refractivity contribution in [1.82, 2.24) is 4.98 Å². The molecule has 1 aromatic heterocycles. The number of rotatable bonds is 2. The van der Waals surface area contributed by atoms with Crippen molar-refractivity contribution in [2.24, 2.45) is 0 Å². The summed E-state index contributed by atoms with van der Waals surface area (Å²) in [4.78, 5) is 12.1. The summed E-state index contributed by atoms with van der Waals surface area (Å²) in [7, 11) is -4.51. The van der Waals surface area contributed by atoms with E-state index in [4.69, 9.17) is 9.66 Å². The Balaban J connectivity index is 3.65. The lowest BCUT2D eigenvalue weighted by Gasteiger charge is -2.05. The summed E-state index contributed by atoms with van der Waals surface area (Å²) in [5, 5.41) is 9.14. The van der Waals surface area contributed by atoms with Gasteiger partial charge in [0.1, 0.15) is 0 Å². The molecule has 0 bridgehead atoms. The molecule has 7 heteroatoms. The fraction of sp³-hybridized carbons (Fsp3) is 0.286. The SMILES string of the molecule is CCc1cc(=O)[nH]c(O)c1S(=O)(=O)O. The van der Waals surface area contributed by atoms with Crippen LogP contribution in [0.4, 0.5) is 0 Å². The van der Waals surface area contributed by atoms with E-state index in [-0.39, 0.29) is 12.0 Å². The van der Waals surface area contributed by atoms with Gasteiger partial charge in [0.2, 0.25) is 5.88 Å². The fourth-order valence-corrected chi connectivity index (χ4v) is 1.97. The molecule has 0 aromatic carbocycles. The highest BCUT2D eigenvalue weighted by Crippen LogP contribution is 2.22. The van der Waals surface area contributed by atoms with E-state index >= 15 is 0 Å². The van der Waals surface area contributed by atoms with Gasteiger partial charge < -0.3 is 5.11 Å². The minimum absolute atomic E-state index is 0.0775. The Morgan fingerprint density at radius 2 is 2.07 bits per heavy atom. The lowest BCUT2D eigenvalue weighted by atomic mass is 10.2. The molecule has 0 saturated carbocycles. The molecule has 78 valence electrons. The average Bonchev–Trinajstić information content (AvgIpc) is 1.99. The number of H-pyrrole nitrogens is 1. The van der Waals surface area contributed by atoms with E-state index in [1.807, 2.05) is 4.98 Å². The minimum Gasteiger partial charge on any atom is -0.494 e. The zero-order valence-corrected chi connectivity index (χ0v) is 8.13. The molecule has 0 amide bonds. The number of nitrogens with one attached hydrogen (secondary N) is 1. The second-order valence-electron chi connectivity index (χ2n) is 2.67. The van der Waals surface area contributed by atoms with Gasteiger partial charge in [0, 0.05) is 6.07 Å². The molecule has 1 rings (SSSR count). The van der Waals surface area contributed by atoms with E-state index in [9.17, 15) is 13.2 Å². The first-order valence-electron chi connectivity index (χ1n) is 3.79. The quantitative estimate of drug-likeness (QED) is 0.601. The van der Waals surface area contributed by atoms with Gasteiger partial charge >= 0.3 is 0 Å². The van der Waals surface area contributed by atoms with Gasteiger partial charge in [-0.2, -0.15) is 8.42 Å². The highest BCUT2D eigenvalue weighted by atomic mass is 32.2. The van der Waals surface area contributed by atoms with Crippen LogP contribution in [0.2, 0.25) is 0 Å². The van der Waals surface area contributed by atoms with Crippen molar-refractivity contribution in [3.05, 3.63) is 22.0 Å². The molecule has 0 aliphatic rings. The normalized spacial score (nSPS) is 11.6. The van der Waals surface area contributed by atoms with Gasteiger partial charge in [-0.1, -0.05) is 6.92 Å². The number of hydrogen-bond donors (Lipinski definition) is 3. The molecule has 0 unspecified atom stereocenters. The van der Waals surface area contributed by atoms with Gasteiger partial charge in [0.25, 0.3) is 15.7 Å². The average molecular weight is 219 g/mol. The Bertz CT molecular complexity index is 501. The van der Waals surface area contributed by atoms with E-state index in [1.54, 1.807) is 6.92 Å². The lowest BCUT2D eigenvalue weighted by molar-refractivity contribution is 0.422. The van der Waals surface area contributed by atoms with Crippen molar-refractivity contribution in [1.29, 1.82) is 0 Å². The molecular weight excluding hydrogens is 210 g/mol. The summed E-state index contributed by atoms with van der Waals surface area (Å²) in [6, 6.07) is 1.02. The molecule has 14 heavy (non-hydrogen) atoms. The molecule has 0 atom stereocenters. The van der Waals surface area contributed by atoms with Crippen molar-refractivity contribution in [3.63, 3.8) is 0 Å².